The number of hydrogen-bond donors (Lipinski definition) is 2. The Morgan fingerprint density at radius 3 is 2.43 bits per heavy atom. The van der Waals surface area contributed by atoms with Crippen LogP contribution in [-0.2, 0) is 9.53 Å². The Labute approximate surface area is 139 Å². The lowest BCUT2D eigenvalue weighted by Crippen LogP contribution is -2.52. The predicted molar refractivity (Wildman–Crippen MR) is 91.6 cm³/mol. The highest BCUT2D eigenvalue weighted by Gasteiger charge is 2.30. The second-order valence-corrected chi connectivity index (χ2v) is 6.21. The van der Waals surface area contributed by atoms with Gasteiger partial charge in [-0.3, -0.25) is 14.7 Å². The Kier molecular flexibility index (Phi) is 7.61. The lowest BCUT2D eigenvalue weighted by Gasteiger charge is -2.38. The number of piperazine rings is 1. The molecule has 1 amide bonds. The molecule has 2 aliphatic rings. The van der Waals surface area contributed by atoms with Crippen LogP contribution in [0.15, 0.2) is 4.99 Å². The van der Waals surface area contributed by atoms with E-state index in [1.807, 2.05) is 0 Å². The molecule has 1 saturated heterocycles. The van der Waals surface area contributed by atoms with Gasteiger partial charge in [0.25, 0.3) is 0 Å². The number of guanidine groups is 1. The molecule has 132 valence electrons. The molecule has 0 bridgehead atoms. The van der Waals surface area contributed by atoms with Crippen molar-refractivity contribution in [1.82, 2.24) is 20.4 Å². The monoisotopic (exact) mass is 325 g/mol. The minimum atomic E-state index is 0.324. The Morgan fingerprint density at radius 1 is 1.17 bits per heavy atom. The third-order valence-electron chi connectivity index (χ3n) is 4.68. The number of rotatable bonds is 7. The standard InChI is InChI=1S/C16H31N5O2/c1-17-16(19-7-13-23-2)18-6-8-20-9-11-21(12-10-20)15(22)14-4-3-5-14/h14H,3-13H2,1-2H3,(H2,17,18,19). The molecule has 7 heteroatoms. The van der Waals surface area contributed by atoms with Crippen LogP contribution < -0.4 is 10.6 Å². The SMILES string of the molecule is CN=C(NCCOC)NCCN1CCN(C(=O)C2CCC2)CC1. The molecular formula is C16H31N5O2. The average Bonchev–Trinajstić information content (AvgIpc) is 2.52. The molecule has 0 aromatic rings. The van der Waals surface area contributed by atoms with Crippen LogP contribution >= 0.6 is 0 Å². The van der Waals surface area contributed by atoms with E-state index in [4.69, 9.17) is 4.74 Å². The van der Waals surface area contributed by atoms with Gasteiger partial charge >= 0.3 is 0 Å². The van der Waals surface area contributed by atoms with Gasteiger partial charge in [-0.15, -0.1) is 0 Å². The zero-order chi connectivity index (χ0) is 16.5. The summed E-state index contributed by atoms with van der Waals surface area (Å²) in [5.41, 5.74) is 0. The molecule has 0 radical (unpaired) electrons. The smallest absolute Gasteiger partial charge is 0.225 e. The number of nitrogens with zero attached hydrogens (tertiary/aromatic N) is 3. The van der Waals surface area contributed by atoms with Crippen molar-refractivity contribution in [2.75, 3.05) is 66.6 Å². The molecule has 0 unspecified atom stereocenters. The Bertz CT molecular complexity index is 390. The van der Waals surface area contributed by atoms with Gasteiger partial charge in [-0.25, -0.2) is 0 Å². The van der Waals surface area contributed by atoms with E-state index in [1.165, 1.54) is 6.42 Å². The van der Waals surface area contributed by atoms with Crippen LogP contribution in [0, 0.1) is 5.92 Å². The molecule has 0 aromatic carbocycles. The first-order valence-electron chi connectivity index (χ1n) is 8.69. The van der Waals surface area contributed by atoms with Crippen molar-refractivity contribution in [2.24, 2.45) is 10.9 Å². The number of hydrogen-bond acceptors (Lipinski definition) is 4. The van der Waals surface area contributed by atoms with Crippen LogP contribution in [-0.4, -0.2) is 88.2 Å². The van der Waals surface area contributed by atoms with Crippen LogP contribution in [0.2, 0.25) is 0 Å². The maximum Gasteiger partial charge on any atom is 0.225 e. The lowest BCUT2D eigenvalue weighted by molar-refractivity contribution is -0.139. The highest BCUT2D eigenvalue weighted by Crippen LogP contribution is 2.28. The van der Waals surface area contributed by atoms with E-state index in [1.54, 1.807) is 14.2 Å². The number of methoxy groups -OCH3 is 1. The van der Waals surface area contributed by atoms with Crippen LogP contribution in [0.1, 0.15) is 19.3 Å². The summed E-state index contributed by atoms with van der Waals surface area (Å²) in [5.74, 6) is 1.52. The number of amides is 1. The summed E-state index contributed by atoms with van der Waals surface area (Å²) >= 11 is 0. The zero-order valence-corrected chi connectivity index (χ0v) is 14.5. The largest absolute Gasteiger partial charge is 0.383 e. The first-order valence-corrected chi connectivity index (χ1v) is 8.69. The fraction of sp³-hybridized carbons (Fsp3) is 0.875. The summed E-state index contributed by atoms with van der Waals surface area (Å²) in [5, 5.41) is 6.51. The van der Waals surface area contributed by atoms with Crippen LogP contribution in [0.3, 0.4) is 0 Å². The van der Waals surface area contributed by atoms with Gasteiger partial charge < -0.3 is 20.3 Å². The lowest BCUT2D eigenvalue weighted by atomic mass is 9.84. The summed E-state index contributed by atoms with van der Waals surface area (Å²) in [4.78, 5) is 20.9. The summed E-state index contributed by atoms with van der Waals surface area (Å²) < 4.78 is 5.01. The second kappa shape index (κ2) is 9.72. The van der Waals surface area contributed by atoms with Gasteiger partial charge in [-0.1, -0.05) is 6.42 Å². The van der Waals surface area contributed by atoms with Crippen molar-refractivity contribution in [1.29, 1.82) is 0 Å². The molecule has 0 atom stereocenters. The average molecular weight is 325 g/mol. The van der Waals surface area contributed by atoms with Gasteiger partial charge in [-0.2, -0.15) is 0 Å². The summed E-state index contributed by atoms with van der Waals surface area (Å²) in [7, 11) is 3.46. The van der Waals surface area contributed by atoms with Gasteiger partial charge in [0, 0.05) is 65.9 Å². The third kappa shape index (κ3) is 5.66. The summed E-state index contributed by atoms with van der Waals surface area (Å²) in [6.07, 6.45) is 3.41. The number of aliphatic imine (C=N–C) groups is 1. The van der Waals surface area contributed by atoms with E-state index >= 15 is 0 Å². The Balaban J connectivity index is 1.58. The number of carbonyl (C=O) groups is 1. The topological polar surface area (TPSA) is 69.2 Å². The molecule has 1 heterocycles. The van der Waals surface area contributed by atoms with Crippen molar-refractivity contribution in [3.05, 3.63) is 0 Å². The van der Waals surface area contributed by atoms with Crippen molar-refractivity contribution >= 4 is 11.9 Å². The highest BCUT2D eigenvalue weighted by atomic mass is 16.5. The normalized spacial score (nSPS) is 20.3. The first-order chi connectivity index (χ1) is 11.2. The fourth-order valence-electron chi connectivity index (χ4n) is 2.93. The molecule has 0 spiro atoms. The number of nitrogens with one attached hydrogen (secondary N) is 2. The minimum Gasteiger partial charge on any atom is -0.383 e. The van der Waals surface area contributed by atoms with Gasteiger partial charge in [-0.05, 0) is 12.8 Å². The molecule has 1 saturated carbocycles. The van der Waals surface area contributed by atoms with E-state index in [0.29, 0.717) is 18.4 Å². The van der Waals surface area contributed by atoms with Gasteiger partial charge in [0.1, 0.15) is 0 Å². The van der Waals surface area contributed by atoms with Crippen LogP contribution in [0.25, 0.3) is 0 Å². The summed E-state index contributed by atoms with van der Waals surface area (Å²) in [6.45, 7) is 6.91. The Hall–Kier alpha value is -1.34. The van der Waals surface area contributed by atoms with E-state index in [9.17, 15) is 4.79 Å². The van der Waals surface area contributed by atoms with Gasteiger partial charge in [0.2, 0.25) is 5.91 Å². The molecule has 2 rings (SSSR count). The molecule has 2 N–H and O–H groups in total. The molecule has 1 aliphatic heterocycles. The van der Waals surface area contributed by atoms with E-state index < -0.39 is 0 Å². The molecular weight excluding hydrogens is 294 g/mol. The zero-order valence-electron chi connectivity index (χ0n) is 14.5. The number of ether oxygens (including phenoxy) is 1. The quantitative estimate of drug-likeness (QED) is 0.383. The third-order valence-corrected chi connectivity index (χ3v) is 4.68. The number of carbonyl (C=O) groups excluding carboxylic acids is 1. The van der Waals surface area contributed by atoms with Gasteiger partial charge in [0.15, 0.2) is 5.96 Å². The Morgan fingerprint density at radius 2 is 1.87 bits per heavy atom. The fourth-order valence-corrected chi connectivity index (χ4v) is 2.93. The van der Waals surface area contributed by atoms with Crippen LogP contribution in [0.4, 0.5) is 0 Å². The van der Waals surface area contributed by atoms with E-state index in [2.05, 4.69) is 25.4 Å². The minimum absolute atomic E-state index is 0.324. The first kappa shape index (κ1) is 18.0. The van der Waals surface area contributed by atoms with Crippen molar-refractivity contribution in [2.45, 2.75) is 19.3 Å². The maximum absolute atomic E-state index is 12.2. The summed E-state index contributed by atoms with van der Waals surface area (Å²) in [6, 6.07) is 0. The predicted octanol–water partition coefficient (Wildman–Crippen LogP) is -0.258. The van der Waals surface area contributed by atoms with E-state index in [0.717, 1.165) is 64.6 Å². The molecule has 2 fully saturated rings. The van der Waals surface area contributed by atoms with Crippen molar-refractivity contribution in [3.8, 4) is 0 Å². The molecule has 23 heavy (non-hydrogen) atoms. The maximum atomic E-state index is 12.2. The van der Waals surface area contributed by atoms with Crippen LogP contribution in [0.5, 0.6) is 0 Å². The molecule has 1 aliphatic carbocycles. The second-order valence-electron chi connectivity index (χ2n) is 6.21. The van der Waals surface area contributed by atoms with Crippen molar-refractivity contribution < 1.29 is 9.53 Å². The highest BCUT2D eigenvalue weighted by molar-refractivity contribution is 5.80. The van der Waals surface area contributed by atoms with Crippen molar-refractivity contribution in [3.63, 3.8) is 0 Å². The molecule has 0 aromatic heterocycles. The van der Waals surface area contributed by atoms with Gasteiger partial charge in [0.05, 0.1) is 6.61 Å². The molecule has 7 nitrogen and oxygen atoms in total. The van der Waals surface area contributed by atoms with E-state index in [-0.39, 0.29) is 0 Å².